The zero-order chi connectivity index (χ0) is 19.3. The molecular formula is C20H38N4O2. The van der Waals surface area contributed by atoms with Crippen LogP contribution >= 0.6 is 0 Å². The Bertz CT molecular complexity index is 486. The van der Waals surface area contributed by atoms with Crippen molar-refractivity contribution < 1.29 is 9.59 Å². The van der Waals surface area contributed by atoms with Gasteiger partial charge < -0.3 is 10.2 Å². The van der Waals surface area contributed by atoms with Crippen LogP contribution in [0.2, 0.25) is 0 Å². The number of carbonyl (C=O) groups excluding carboxylic acids is 2. The fraction of sp³-hybridized carbons (Fsp3) is 0.900. The fourth-order valence-corrected chi connectivity index (χ4v) is 3.75. The number of piperazine rings is 1. The minimum Gasteiger partial charge on any atom is -0.350 e. The number of nitrogens with one attached hydrogen (secondary N) is 1. The van der Waals surface area contributed by atoms with Crippen LogP contribution in [0.1, 0.15) is 60.3 Å². The van der Waals surface area contributed by atoms with Crippen molar-refractivity contribution in [1.29, 1.82) is 0 Å². The maximum absolute atomic E-state index is 12.6. The molecule has 6 heteroatoms. The molecule has 26 heavy (non-hydrogen) atoms. The predicted octanol–water partition coefficient (Wildman–Crippen LogP) is 1.70. The van der Waals surface area contributed by atoms with Gasteiger partial charge in [0.05, 0.1) is 12.6 Å². The molecule has 2 atom stereocenters. The highest BCUT2D eigenvalue weighted by Gasteiger charge is 2.30. The van der Waals surface area contributed by atoms with Gasteiger partial charge in [0.15, 0.2) is 0 Å². The summed E-state index contributed by atoms with van der Waals surface area (Å²) in [4.78, 5) is 31.6. The first-order chi connectivity index (χ1) is 12.2. The van der Waals surface area contributed by atoms with Gasteiger partial charge in [-0.3, -0.25) is 19.4 Å². The highest BCUT2D eigenvalue weighted by Crippen LogP contribution is 2.17. The SMILES string of the molecule is CCC(C)(C)NC(=O)C(C)N1CCN(CC(=O)N2CCCCC2C)CC1. The van der Waals surface area contributed by atoms with Crippen LogP contribution in [-0.4, -0.2) is 83.4 Å². The third-order valence-corrected chi connectivity index (χ3v) is 6.16. The number of hydrogen-bond acceptors (Lipinski definition) is 4. The first kappa shape index (κ1) is 21.2. The molecule has 2 amide bonds. The van der Waals surface area contributed by atoms with Crippen LogP contribution < -0.4 is 5.32 Å². The molecular weight excluding hydrogens is 328 g/mol. The van der Waals surface area contributed by atoms with E-state index in [1.165, 1.54) is 6.42 Å². The van der Waals surface area contributed by atoms with Gasteiger partial charge in [0.25, 0.3) is 0 Å². The Morgan fingerprint density at radius 1 is 1.12 bits per heavy atom. The molecule has 2 rings (SSSR count). The standard InChI is InChI=1S/C20H38N4O2/c1-6-20(4,5)21-19(26)17(3)23-13-11-22(12-14-23)15-18(25)24-10-8-7-9-16(24)2/h16-17H,6-15H2,1-5H3,(H,21,26). The Labute approximate surface area is 159 Å². The van der Waals surface area contributed by atoms with E-state index in [2.05, 4.69) is 47.7 Å². The van der Waals surface area contributed by atoms with Crippen molar-refractivity contribution in [2.75, 3.05) is 39.3 Å². The number of rotatable bonds is 6. The number of piperidine rings is 1. The highest BCUT2D eigenvalue weighted by atomic mass is 16.2. The van der Waals surface area contributed by atoms with Crippen molar-refractivity contribution in [3.8, 4) is 0 Å². The van der Waals surface area contributed by atoms with E-state index in [0.29, 0.717) is 12.6 Å². The van der Waals surface area contributed by atoms with Crippen LogP contribution in [-0.2, 0) is 9.59 Å². The lowest BCUT2D eigenvalue weighted by molar-refractivity contribution is -0.137. The monoisotopic (exact) mass is 366 g/mol. The summed E-state index contributed by atoms with van der Waals surface area (Å²) in [7, 11) is 0. The molecule has 2 heterocycles. The van der Waals surface area contributed by atoms with Crippen molar-refractivity contribution >= 4 is 11.8 Å². The van der Waals surface area contributed by atoms with Crippen LogP contribution in [0.5, 0.6) is 0 Å². The quantitative estimate of drug-likeness (QED) is 0.777. The molecule has 2 saturated heterocycles. The third-order valence-electron chi connectivity index (χ3n) is 6.16. The fourth-order valence-electron chi connectivity index (χ4n) is 3.75. The van der Waals surface area contributed by atoms with Gasteiger partial charge in [-0.25, -0.2) is 0 Å². The van der Waals surface area contributed by atoms with Gasteiger partial charge in [0.1, 0.15) is 0 Å². The van der Waals surface area contributed by atoms with E-state index in [1.807, 2.05) is 6.92 Å². The van der Waals surface area contributed by atoms with Gasteiger partial charge >= 0.3 is 0 Å². The summed E-state index contributed by atoms with van der Waals surface area (Å²) in [6, 6.07) is 0.254. The molecule has 0 bridgehead atoms. The summed E-state index contributed by atoms with van der Waals surface area (Å²) in [6.45, 7) is 15.1. The smallest absolute Gasteiger partial charge is 0.237 e. The van der Waals surface area contributed by atoms with Gasteiger partial charge in [0, 0.05) is 44.3 Å². The van der Waals surface area contributed by atoms with Gasteiger partial charge in [-0.2, -0.15) is 0 Å². The van der Waals surface area contributed by atoms with E-state index >= 15 is 0 Å². The number of carbonyl (C=O) groups is 2. The second-order valence-corrected chi connectivity index (χ2v) is 8.65. The van der Waals surface area contributed by atoms with Gasteiger partial charge in [-0.1, -0.05) is 6.92 Å². The van der Waals surface area contributed by atoms with E-state index in [0.717, 1.165) is 52.0 Å². The van der Waals surface area contributed by atoms with E-state index in [-0.39, 0.29) is 23.4 Å². The molecule has 2 fully saturated rings. The van der Waals surface area contributed by atoms with Crippen molar-refractivity contribution in [3.63, 3.8) is 0 Å². The number of nitrogens with zero attached hydrogens (tertiary/aromatic N) is 3. The molecule has 0 aliphatic carbocycles. The predicted molar refractivity (Wildman–Crippen MR) is 105 cm³/mol. The van der Waals surface area contributed by atoms with E-state index in [9.17, 15) is 9.59 Å². The maximum Gasteiger partial charge on any atom is 0.237 e. The maximum atomic E-state index is 12.6. The molecule has 0 aromatic heterocycles. The molecule has 1 N–H and O–H groups in total. The van der Waals surface area contributed by atoms with Crippen LogP contribution in [0, 0.1) is 0 Å². The topological polar surface area (TPSA) is 55.9 Å². The summed E-state index contributed by atoms with van der Waals surface area (Å²) < 4.78 is 0. The summed E-state index contributed by atoms with van der Waals surface area (Å²) >= 11 is 0. The largest absolute Gasteiger partial charge is 0.350 e. The molecule has 0 radical (unpaired) electrons. The van der Waals surface area contributed by atoms with Crippen molar-refractivity contribution in [2.45, 2.75) is 77.9 Å². The normalized spacial score (nSPS) is 24.3. The minimum atomic E-state index is -0.162. The molecule has 2 aliphatic heterocycles. The lowest BCUT2D eigenvalue weighted by Gasteiger charge is -2.40. The second-order valence-electron chi connectivity index (χ2n) is 8.65. The number of likely N-dealkylation sites (tertiary alicyclic amines) is 1. The molecule has 150 valence electrons. The second kappa shape index (κ2) is 9.18. The lowest BCUT2D eigenvalue weighted by Crippen LogP contribution is -2.57. The third kappa shape index (κ3) is 5.68. The van der Waals surface area contributed by atoms with E-state index < -0.39 is 0 Å². The molecule has 2 unspecified atom stereocenters. The first-order valence-electron chi connectivity index (χ1n) is 10.3. The van der Waals surface area contributed by atoms with E-state index in [4.69, 9.17) is 0 Å². The number of amides is 2. The van der Waals surface area contributed by atoms with Crippen molar-refractivity contribution in [2.24, 2.45) is 0 Å². The van der Waals surface area contributed by atoms with Gasteiger partial charge in [-0.15, -0.1) is 0 Å². The Morgan fingerprint density at radius 3 is 2.35 bits per heavy atom. The molecule has 0 saturated carbocycles. The zero-order valence-electron chi connectivity index (χ0n) is 17.4. The van der Waals surface area contributed by atoms with Crippen LogP contribution in [0.4, 0.5) is 0 Å². The average molecular weight is 367 g/mol. The van der Waals surface area contributed by atoms with Crippen LogP contribution in [0.15, 0.2) is 0 Å². The zero-order valence-corrected chi connectivity index (χ0v) is 17.4. The Morgan fingerprint density at radius 2 is 1.77 bits per heavy atom. The number of hydrogen-bond donors (Lipinski definition) is 1. The van der Waals surface area contributed by atoms with Gasteiger partial charge in [-0.05, 0) is 53.4 Å². The molecule has 6 nitrogen and oxygen atoms in total. The molecule has 0 spiro atoms. The summed E-state index contributed by atoms with van der Waals surface area (Å²) in [5.74, 6) is 0.365. The van der Waals surface area contributed by atoms with E-state index in [1.54, 1.807) is 0 Å². The van der Waals surface area contributed by atoms with Crippen molar-refractivity contribution in [1.82, 2.24) is 20.0 Å². The Hall–Kier alpha value is -1.14. The Kier molecular flexibility index (Phi) is 7.47. The highest BCUT2D eigenvalue weighted by molar-refractivity contribution is 5.82. The molecule has 0 aromatic rings. The summed E-state index contributed by atoms with van der Waals surface area (Å²) in [5, 5.41) is 3.14. The average Bonchev–Trinajstić information content (AvgIpc) is 2.61. The van der Waals surface area contributed by atoms with Crippen LogP contribution in [0.25, 0.3) is 0 Å². The minimum absolute atomic E-state index is 0.100. The Balaban J connectivity index is 1.77. The van der Waals surface area contributed by atoms with Gasteiger partial charge in [0.2, 0.25) is 11.8 Å². The molecule has 2 aliphatic rings. The lowest BCUT2D eigenvalue weighted by atomic mass is 10.0. The van der Waals surface area contributed by atoms with Crippen molar-refractivity contribution in [3.05, 3.63) is 0 Å². The summed E-state index contributed by atoms with van der Waals surface area (Å²) in [6.07, 6.45) is 4.40. The summed E-state index contributed by atoms with van der Waals surface area (Å²) in [5.41, 5.74) is -0.162. The van der Waals surface area contributed by atoms with Crippen LogP contribution in [0.3, 0.4) is 0 Å². The first-order valence-corrected chi connectivity index (χ1v) is 10.3. The molecule has 0 aromatic carbocycles.